The summed E-state index contributed by atoms with van der Waals surface area (Å²) in [5.74, 6) is -0.982. The molecule has 0 saturated carbocycles. The Morgan fingerprint density at radius 2 is 1.73 bits per heavy atom. The highest BCUT2D eigenvalue weighted by Gasteiger charge is 2.20. The van der Waals surface area contributed by atoms with Crippen LogP contribution in [0.25, 0.3) is 0 Å². The molecule has 0 fully saturated rings. The number of amides is 1. The molecule has 0 atom stereocenters. The highest BCUT2D eigenvalue weighted by Crippen LogP contribution is 2.27. The highest BCUT2D eigenvalue weighted by molar-refractivity contribution is 5.92. The second-order valence-corrected chi connectivity index (χ2v) is 7.50. The fourth-order valence-corrected chi connectivity index (χ4v) is 2.86. The fraction of sp³-hybridized carbons (Fsp3) is 0.368. The minimum absolute atomic E-state index is 0.0183. The Kier molecular flexibility index (Phi) is 5.02. The van der Waals surface area contributed by atoms with Crippen molar-refractivity contribution in [1.29, 1.82) is 0 Å². The van der Waals surface area contributed by atoms with Crippen LogP contribution >= 0.6 is 0 Å². The van der Waals surface area contributed by atoms with Crippen LogP contribution in [0.4, 0.5) is 5.69 Å². The van der Waals surface area contributed by atoms with Gasteiger partial charge >= 0.3 is 0 Å². The molecule has 0 saturated heterocycles. The molecule has 2 aromatic rings. The van der Waals surface area contributed by atoms with Gasteiger partial charge in [-0.3, -0.25) is 19.7 Å². The van der Waals surface area contributed by atoms with E-state index in [1.54, 1.807) is 0 Å². The van der Waals surface area contributed by atoms with Crippen LogP contribution in [0.5, 0.6) is 0 Å². The van der Waals surface area contributed by atoms with Crippen molar-refractivity contribution in [2.75, 3.05) is 0 Å². The largest absolute Gasteiger partial charge is 0.365 e. The molecule has 0 aliphatic carbocycles. The van der Waals surface area contributed by atoms with Crippen LogP contribution in [0.15, 0.2) is 29.2 Å². The number of rotatable bonds is 4. The molecule has 0 aliphatic heterocycles. The van der Waals surface area contributed by atoms with E-state index in [2.05, 4.69) is 32.9 Å². The van der Waals surface area contributed by atoms with E-state index in [4.69, 9.17) is 5.73 Å². The Hall–Kier alpha value is -2.96. The summed E-state index contributed by atoms with van der Waals surface area (Å²) >= 11 is 0. The molecule has 1 aromatic carbocycles. The molecule has 0 spiro atoms. The van der Waals surface area contributed by atoms with Gasteiger partial charge in [0.15, 0.2) is 0 Å². The topological polar surface area (TPSA) is 108 Å². The van der Waals surface area contributed by atoms with Gasteiger partial charge in [-0.05, 0) is 41.5 Å². The summed E-state index contributed by atoms with van der Waals surface area (Å²) in [6.45, 7) is 10.4. The lowest BCUT2D eigenvalue weighted by Gasteiger charge is -2.22. The van der Waals surface area contributed by atoms with Gasteiger partial charge in [0.2, 0.25) is 0 Å². The van der Waals surface area contributed by atoms with Gasteiger partial charge in [0, 0.05) is 6.07 Å². The quantitative estimate of drug-likeness (QED) is 0.670. The van der Waals surface area contributed by atoms with Crippen molar-refractivity contribution >= 4 is 11.6 Å². The molecule has 138 valence electrons. The van der Waals surface area contributed by atoms with Gasteiger partial charge < -0.3 is 10.3 Å². The number of benzene rings is 1. The molecule has 7 nitrogen and oxygen atoms in total. The van der Waals surface area contributed by atoms with E-state index in [-0.39, 0.29) is 23.2 Å². The standard InChI is InChI=1S/C19H23N3O4/c1-11-6-13(19(3,4)5)7-12(2)16(11)10-21-9-14(22(25)26)8-15(17(20)23)18(21)24/h6-9H,10H2,1-5H3,(H2,20,23). The zero-order chi connectivity index (χ0) is 19.8. The monoisotopic (exact) mass is 357 g/mol. The SMILES string of the molecule is Cc1cc(C(C)(C)C)cc(C)c1Cn1cc([N+](=O)[O-])cc(C(N)=O)c1=O. The van der Waals surface area contributed by atoms with E-state index < -0.39 is 16.4 Å². The predicted octanol–water partition coefficient (Wildman–Crippen LogP) is 2.82. The number of aryl methyl sites for hydroxylation is 2. The summed E-state index contributed by atoms with van der Waals surface area (Å²) in [7, 11) is 0. The summed E-state index contributed by atoms with van der Waals surface area (Å²) in [6.07, 6.45) is 1.14. The van der Waals surface area contributed by atoms with Crippen molar-refractivity contribution in [3.8, 4) is 0 Å². The first-order chi connectivity index (χ1) is 11.9. The number of aromatic nitrogens is 1. The van der Waals surface area contributed by atoms with Crippen molar-refractivity contribution in [3.05, 3.63) is 72.7 Å². The molecule has 0 bridgehead atoms. The first kappa shape index (κ1) is 19.4. The van der Waals surface area contributed by atoms with E-state index in [0.717, 1.165) is 29.0 Å². The zero-order valence-electron chi connectivity index (χ0n) is 15.6. The number of hydrogen-bond acceptors (Lipinski definition) is 4. The van der Waals surface area contributed by atoms with Crippen LogP contribution in [0.1, 0.15) is 53.4 Å². The highest BCUT2D eigenvalue weighted by atomic mass is 16.6. The van der Waals surface area contributed by atoms with Crippen LogP contribution in [-0.4, -0.2) is 15.4 Å². The minimum Gasteiger partial charge on any atom is -0.365 e. The van der Waals surface area contributed by atoms with Crippen LogP contribution in [0, 0.1) is 24.0 Å². The van der Waals surface area contributed by atoms with Crippen LogP contribution in [-0.2, 0) is 12.0 Å². The lowest BCUT2D eigenvalue weighted by molar-refractivity contribution is -0.385. The molecule has 2 N–H and O–H groups in total. The van der Waals surface area contributed by atoms with Gasteiger partial charge in [0.25, 0.3) is 17.2 Å². The number of carbonyl (C=O) groups excluding carboxylic acids is 1. The van der Waals surface area contributed by atoms with Crippen LogP contribution in [0.2, 0.25) is 0 Å². The van der Waals surface area contributed by atoms with E-state index in [1.165, 1.54) is 10.1 Å². The smallest absolute Gasteiger partial charge is 0.286 e. The number of primary amides is 1. The van der Waals surface area contributed by atoms with Crippen molar-refractivity contribution < 1.29 is 9.72 Å². The fourth-order valence-electron chi connectivity index (χ4n) is 2.86. The van der Waals surface area contributed by atoms with Crippen LogP contribution < -0.4 is 11.3 Å². The minimum atomic E-state index is -0.982. The Labute approximate surface area is 151 Å². The van der Waals surface area contributed by atoms with Gasteiger partial charge in [-0.1, -0.05) is 32.9 Å². The average molecular weight is 357 g/mol. The summed E-state index contributed by atoms with van der Waals surface area (Å²) in [5.41, 5.74) is 7.82. The Balaban J connectivity index is 2.60. The third-order valence-electron chi connectivity index (χ3n) is 4.44. The van der Waals surface area contributed by atoms with E-state index in [0.29, 0.717) is 0 Å². The lowest BCUT2D eigenvalue weighted by atomic mass is 9.84. The van der Waals surface area contributed by atoms with Gasteiger partial charge in [0.05, 0.1) is 17.7 Å². The van der Waals surface area contributed by atoms with Crippen molar-refractivity contribution in [2.24, 2.45) is 5.73 Å². The predicted molar refractivity (Wildman–Crippen MR) is 99.6 cm³/mol. The zero-order valence-corrected chi connectivity index (χ0v) is 15.6. The number of nitrogens with zero attached hydrogens (tertiary/aromatic N) is 2. The number of hydrogen-bond donors (Lipinski definition) is 1. The van der Waals surface area contributed by atoms with Gasteiger partial charge in [-0.15, -0.1) is 0 Å². The summed E-state index contributed by atoms with van der Waals surface area (Å²) in [4.78, 5) is 34.4. The number of carbonyl (C=O) groups is 1. The molecular formula is C19H23N3O4. The van der Waals surface area contributed by atoms with E-state index >= 15 is 0 Å². The number of nitrogens with two attached hydrogens (primary N) is 1. The summed E-state index contributed by atoms with van der Waals surface area (Å²) in [5, 5.41) is 11.1. The molecule has 2 rings (SSSR count). The summed E-state index contributed by atoms with van der Waals surface area (Å²) in [6, 6.07) is 5.03. The number of nitro groups is 1. The third-order valence-corrected chi connectivity index (χ3v) is 4.44. The maximum Gasteiger partial charge on any atom is 0.286 e. The Morgan fingerprint density at radius 3 is 2.15 bits per heavy atom. The second-order valence-electron chi connectivity index (χ2n) is 7.50. The second kappa shape index (κ2) is 6.74. The lowest BCUT2D eigenvalue weighted by Crippen LogP contribution is -2.30. The average Bonchev–Trinajstić information content (AvgIpc) is 2.50. The van der Waals surface area contributed by atoms with Crippen molar-refractivity contribution in [2.45, 2.75) is 46.6 Å². The normalized spacial score (nSPS) is 11.4. The van der Waals surface area contributed by atoms with Gasteiger partial charge in [-0.2, -0.15) is 0 Å². The van der Waals surface area contributed by atoms with Gasteiger partial charge in [0.1, 0.15) is 5.56 Å². The van der Waals surface area contributed by atoms with E-state index in [1.807, 2.05) is 13.8 Å². The third kappa shape index (κ3) is 3.82. The molecule has 1 heterocycles. The molecule has 0 unspecified atom stereocenters. The van der Waals surface area contributed by atoms with Crippen LogP contribution in [0.3, 0.4) is 0 Å². The Bertz CT molecular complexity index is 929. The maximum atomic E-state index is 12.5. The van der Waals surface area contributed by atoms with E-state index in [9.17, 15) is 19.7 Å². The van der Waals surface area contributed by atoms with Gasteiger partial charge in [-0.25, -0.2) is 0 Å². The molecule has 0 radical (unpaired) electrons. The van der Waals surface area contributed by atoms with Crippen molar-refractivity contribution in [3.63, 3.8) is 0 Å². The Morgan fingerprint density at radius 1 is 1.19 bits per heavy atom. The molecule has 1 amide bonds. The molecule has 7 heteroatoms. The molecule has 26 heavy (non-hydrogen) atoms. The summed E-state index contributed by atoms with van der Waals surface area (Å²) < 4.78 is 1.17. The molecule has 1 aromatic heterocycles. The van der Waals surface area contributed by atoms with Crippen molar-refractivity contribution in [1.82, 2.24) is 4.57 Å². The number of pyridine rings is 1. The first-order valence-corrected chi connectivity index (χ1v) is 8.21. The molecular weight excluding hydrogens is 334 g/mol. The first-order valence-electron chi connectivity index (χ1n) is 8.21. The molecule has 0 aliphatic rings. The maximum absolute atomic E-state index is 12.5.